The third-order valence-corrected chi connectivity index (χ3v) is 9.19. The summed E-state index contributed by atoms with van der Waals surface area (Å²) in [5, 5.41) is 0.147. The normalized spacial score (nSPS) is 19.2. The molecule has 174 valence electrons. The molecule has 0 unspecified atom stereocenters. The lowest BCUT2D eigenvalue weighted by Gasteiger charge is -2.34. The summed E-state index contributed by atoms with van der Waals surface area (Å²) >= 11 is 6.08. The average molecular weight is 487 g/mol. The fourth-order valence-corrected chi connectivity index (χ4v) is 7.00. The Morgan fingerprint density at radius 2 is 1.79 bits per heavy atom. The van der Waals surface area contributed by atoms with Gasteiger partial charge in [-0.3, -0.25) is 4.79 Å². The molecule has 2 aromatic heterocycles. The lowest BCUT2D eigenvalue weighted by atomic mass is 9.88. The number of carbonyl (C=O) groups is 1. The average Bonchev–Trinajstić information content (AvgIpc) is 3.24. The molecule has 1 saturated heterocycles. The van der Waals surface area contributed by atoms with Gasteiger partial charge in [0, 0.05) is 36.8 Å². The van der Waals surface area contributed by atoms with E-state index in [-0.39, 0.29) is 21.5 Å². The van der Waals surface area contributed by atoms with Crippen LogP contribution in [0.4, 0.5) is 0 Å². The molecule has 1 aliphatic heterocycles. The topological polar surface area (TPSA) is 85.2 Å². The Hall–Kier alpha value is -2.29. The molecule has 9 heteroatoms. The Morgan fingerprint density at radius 1 is 1.03 bits per heavy atom. The molecule has 0 amide bonds. The molecule has 33 heavy (non-hydrogen) atoms. The van der Waals surface area contributed by atoms with Crippen molar-refractivity contribution in [3.05, 3.63) is 52.9 Å². The van der Waals surface area contributed by atoms with E-state index in [0.29, 0.717) is 38.1 Å². The number of carbonyl (C=O) groups excluding carboxylic acids is 1. The van der Waals surface area contributed by atoms with Crippen molar-refractivity contribution in [3.8, 4) is 0 Å². The van der Waals surface area contributed by atoms with Crippen LogP contribution in [-0.2, 0) is 10.0 Å². The van der Waals surface area contributed by atoms with E-state index < -0.39 is 10.0 Å². The molecule has 0 radical (unpaired) electrons. The van der Waals surface area contributed by atoms with Gasteiger partial charge in [-0.2, -0.15) is 4.31 Å². The maximum atomic E-state index is 13.2. The zero-order valence-corrected chi connectivity index (χ0v) is 19.9. The summed E-state index contributed by atoms with van der Waals surface area (Å²) in [5.41, 5.74) is 2.10. The first-order valence-corrected chi connectivity index (χ1v) is 13.4. The number of hydrogen-bond acceptors (Lipinski definition) is 5. The Labute approximate surface area is 198 Å². The number of aldehydes is 1. The summed E-state index contributed by atoms with van der Waals surface area (Å²) in [4.78, 5) is 20.8. The summed E-state index contributed by atoms with van der Waals surface area (Å²) in [6.45, 7) is 0.827. The van der Waals surface area contributed by atoms with E-state index in [2.05, 4.69) is 9.55 Å². The van der Waals surface area contributed by atoms with Crippen LogP contribution in [0.1, 0.15) is 73.1 Å². The molecule has 7 nitrogen and oxygen atoms in total. The highest BCUT2D eigenvalue weighted by Crippen LogP contribution is 2.38. The number of pyridine rings is 1. The van der Waals surface area contributed by atoms with Gasteiger partial charge in [0.05, 0.1) is 9.92 Å². The van der Waals surface area contributed by atoms with Crippen molar-refractivity contribution in [2.75, 3.05) is 13.1 Å². The van der Waals surface area contributed by atoms with Gasteiger partial charge in [0.2, 0.25) is 10.0 Å². The number of aromatic nitrogens is 3. The Morgan fingerprint density at radius 3 is 2.48 bits per heavy atom. The van der Waals surface area contributed by atoms with Crippen LogP contribution in [0.15, 0.2) is 41.4 Å². The molecule has 2 aliphatic rings. The Bertz CT molecular complexity index is 1280. The fourth-order valence-electron chi connectivity index (χ4n) is 5.21. The van der Waals surface area contributed by atoms with Gasteiger partial charge in [-0.05, 0) is 56.0 Å². The Balaban J connectivity index is 1.40. The predicted octanol–water partition coefficient (Wildman–Crippen LogP) is 4.97. The Kier molecular flexibility index (Phi) is 6.24. The van der Waals surface area contributed by atoms with Gasteiger partial charge in [0.1, 0.15) is 11.3 Å². The quantitative estimate of drug-likeness (QED) is 0.475. The maximum absolute atomic E-state index is 13.2. The third-order valence-electron chi connectivity index (χ3n) is 6.97. The van der Waals surface area contributed by atoms with Gasteiger partial charge in [0.15, 0.2) is 11.9 Å². The zero-order chi connectivity index (χ0) is 23.0. The largest absolute Gasteiger partial charge is 0.309 e. The monoisotopic (exact) mass is 486 g/mol. The molecule has 1 aromatic carbocycles. The fraction of sp³-hybridized carbons (Fsp3) is 0.458. The van der Waals surface area contributed by atoms with Crippen molar-refractivity contribution in [1.82, 2.24) is 18.8 Å². The first-order valence-electron chi connectivity index (χ1n) is 11.6. The molecule has 3 aromatic rings. The smallest absolute Gasteiger partial charge is 0.243 e. The molecule has 1 aliphatic carbocycles. The number of nitrogens with zero attached hydrogens (tertiary/aromatic N) is 4. The third kappa shape index (κ3) is 4.20. The van der Waals surface area contributed by atoms with Crippen LogP contribution < -0.4 is 0 Å². The van der Waals surface area contributed by atoms with Crippen LogP contribution in [-0.4, -0.2) is 46.6 Å². The summed E-state index contributed by atoms with van der Waals surface area (Å²) in [6, 6.07) is 8.36. The number of sulfonamides is 1. The number of fused-ring (bicyclic) bond motifs is 1. The minimum atomic E-state index is -3.68. The minimum absolute atomic E-state index is 0.120. The summed E-state index contributed by atoms with van der Waals surface area (Å²) < 4.78 is 30.2. The van der Waals surface area contributed by atoms with Crippen LogP contribution in [0.25, 0.3) is 11.2 Å². The first-order chi connectivity index (χ1) is 16.0. The van der Waals surface area contributed by atoms with Crippen LogP contribution in [0.3, 0.4) is 0 Å². The second kappa shape index (κ2) is 9.16. The number of piperidine rings is 1. The molecule has 5 rings (SSSR count). The van der Waals surface area contributed by atoms with Gasteiger partial charge in [-0.1, -0.05) is 30.9 Å². The maximum Gasteiger partial charge on any atom is 0.243 e. The van der Waals surface area contributed by atoms with E-state index in [1.165, 1.54) is 41.8 Å². The predicted molar refractivity (Wildman–Crippen MR) is 127 cm³/mol. The van der Waals surface area contributed by atoms with Crippen LogP contribution >= 0.6 is 11.6 Å². The minimum Gasteiger partial charge on any atom is -0.309 e. The van der Waals surface area contributed by atoms with Crippen LogP contribution in [0.5, 0.6) is 0 Å². The van der Waals surface area contributed by atoms with E-state index in [1.807, 2.05) is 12.1 Å². The first kappa shape index (κ1) is 22.5. The number of benzene rings is 1. The number of halogens is 1. The van der Waals surface area contributed by atoms with Gasteiger partial charge in [0.25, 0.3) is 0 Å². The van der Waals surface area contributed by atoms with Gasteiger partial charge in [-0.15, -0.1) is 0 Å². The SMILES string of the molecule is O=Cc1ccc(S(=O)(=O)N2CCC(n3c(C4CCCCC4)nc4cccnc43)CC2)cc1Cl. The van der Waals surface area contributed by atoms with E-state index in [1.54, 1.807) is 6.20 Å². The summed E-state index contributed by atoms with van der Waals surface area (Å²) in [5.74, 6) is 1.55. The highest BCUT2D eigenvalue weighted by molar-refractivity contribution is 7.89. The van der Waals surface area contributed by atoms with E-state index in [0.717, 1.165) is 29.8 Å². The molecule has 0 spiro atoms. The molecule has 0 atom stereocenters. The van der Waals surface area contributed by atoms with E-state index in [9.17, 15) is 13.2 Å². The second-order valence-corrected chi connectivity index (χ2v) is 11.3. The molecule has 0 bridgehead atoms. The van der Waals surface area contributed by atoms with Crippen molar-refractivity contribution >= 4 is 39.1 Å². The summed E-state index contributed by atoms with van der Waals surface area (Å²) in [7, 11) is -3.68. The summed E-state index contributed by atoms with van der Waals surface area (Å²) in [6.07, 6.45) is 9.84. The van der Waals surface area contributed by atoms with Gasteiger partial charge < -0.3 is 4.57 Å². The zero-order valence-electron chi connectivity index (χ0n) is 18.4. The highest BCUT2D eigenvalue weighted by Gasteiger charge is 2.33. The number of rotatable bonds is 5. The van der Waals surface area contributed by atoms with Crippen molar-refractivity contribution in [2.24, 2.45) is 0 Å². The van der Waals surface area contributed by atoms with Gasteiger partial charge in [-0.25, -0.2) is 18.4 Å². The van der Waals surface area contributed by atoms with Crippen LogP contribution in [0.2, 0.25) is 5.02 Å². The van der Waals surface area contributed by atoms with Crippen LogP contribution in [0, 0.1) is 0 Å². The lowest BCUT2D eigenvalue weighted by Crippen LogP contribution is -2.39. The highest BCUT2D eigenvalue weighted by atomic mass is 35.5. The molecular weight excluding hydrogens is 460 g/mol. The van der Waals surface area contributed by atoms with Crippen molar-refractivity contribution in [3.63, 3.8) is 0 Å². The lowest BCUT2D eigenvalue weighted by molar-refractivity contribution is 0.112. The standard InChI is InChI=1S/C24H27ClN4O3S/c25-21-15-20(9-8-18(21)16-30)33(31,32)28-13-10-19(11-14-28)29-23(17-5-2-1-3-6-17)27-22-7-4-12-26-24(22)29/h4,7-9,12,15-17,19H,1-3,5-6,10-11,13-14H2. The molecule has 1 saturated carbocycles. The van der Waals surface area contributed by atoms with E-state index in [4.69, 9.17) is 16.6 Å². The molecule has 2 fully saturated rings. The molecule has 3 heterocycles. The van der Waals surface area contributed by atoms with Crippen molar-refractivity contribution in [1.29, 1.82) is 0 Å². The molecule has 0 N–H and O–H groups in total. The van der Waals surface area contributed by atoms with E-state index >= 15 is 0 Å². The number of imidazole rings is 1. The van der Waals surface area contributed by atoms with Crippen molar-refractivity contribution in [2.45, 2.75) is 61.8 Å². The van der Waals surface area contributed by atoms with Crippen molar-refractivity contribution < 1.29 is 13.2 Å². The molecular formula is C24H27ClN4O3S. The number of hydrogen-bond donors (Lipinski definition) is 0. The van der Waals surface area contributed by atoms with Gasteiger partial charge >= 0.3 is 0 Å². The second-order valence-electron chi connectivity index (χ2n) is 8.96.